The molecular formula is C13H16FNO5. The Morgan fingerprint density at radius 3 is 2.70 bits per heavy atom. The van der Waals surface area contributed by atoms with Gasteiger partial charge in [-0.05, 0) is 12.3 Å². The van der Waals surface area contributed by atoms with E-state index in [0.29, 0.717) is 6.07 Å². The third kappa shape index (κ3) is 3.91. The Morgan fingerprint density at radius 2 is 2.20 bits per heavy atom. The molecule has 0 spiro atoms. The molecule has 1 atom stereocenters. The summed E-state index contributed by atoms with van der Waals surface area (Å²) in [7, 11) is 0. The van der Waals surface area contributed by atoms with E-state index in [1.54, 1.807) is 0 Å². The molecule has 0 aliphatic carbocycles. The Balaban J connectivity index is 3.01. The van der Waals surface area contributed by atoms with Gasteiger partial charge in [0.05, 0.1) is 17.6 Å². The summed E-state index contributed by atoms with van der Waals surface area (Å²) < 4.78 is 18.9. The predicted molar refractivity (Wildman–Crippen MR) is 69.6 cm³/mol. The van der Waals surface area contributed by atoms with Crippen LogP contribution in [-0.4, -0.2) is 22.6 Å². The van der Waals surface area contributed by atoms with Gasteiger partial charge in [-0.15, -0.1) is 0 Å². The molecule has 0 heterocycles. The van der Waals surface area contributed by atoms with Crippen molar-refractivity contribution in [3.05, 3.63) is 33.6 Å². The number of carbonyl (C=O) groups is 1. The summed E-state index contributed by atoms with van der Waals surface area (Å²) in [6.07, 6.45) is 1.84. The Hall–Kier alpha value is -2.18. The van der Waals surface area contributed by atoms with Crippen molar-refractivity contribution in [3.63, 3.8) is 0 Å². The number of nitro benzene ring substituents is 1. The molecule has 110 valence electrons. The zero-order valence-electron chi connectivity index (χ0n) is 11.3. The van der Waals surface area contributed by atoms with Gasteiger partial charge in [0.25, 0.3) is 5.69 Å². The molecule has 1 aromatic rings. The molecule has 0 bridgehead atoms. The maximum absolute atomic E-state index is 13.7. The van der Waals surface area contributed by atoms with Gasteiger partial charge >= 0.3 is 5.97 Å². The van der Waals surface area contributed by atoms with Crippen molar-refractivity contribution in [2.24, 2.45) is 5.92 Å². The highest BCUT2D eigenvalue weighted by Crippen LogP contribution is 2.28. The van der Waals surface area contributed by atoms with Crippen molar-refractivity contribution in [1.29, 1.82) is 0 Å². The van der Waals surface area contributed by atoms with Gasteiger partial charge in [-0.3, -0.25) is 10.1 Å². The van der Waals surface area contributed by atoms with E-state index in [1.165, 1.54) is 0 Å². The monoisotopic (exact) mass is 285 g/mol. The van der Waals surface area contributed by atoms with Crippen LogP contribution in [0.4, 0.5) is 10.1 Å². The first-order valence-corrected chi connectivity index (χ1v) is 6.20. The third-order valence-corrected chi connectivity index (χ3v) is 2.78. The summed E-state index contributed by atoms with van der Waals surface area (Å²) >= 11 is 0. The zero-order valence-corrected chi connectivity index (χ0v) is 11.3. The van der Waals surface area contributed by atoms with Crippen LogP contribution in [0.1, 0.15) is 37.0 Å². The number of aromatic carboxylic acids is 1. The molecule has 0 amide bonds. The number of hydrogen-bond acceptors (Lipinski definition) is 4. The van der Waals surface area contributed by atoms with Crippen LogP contribution in [-0.2, 0) is 0 Å². The average Bonchev–Trinajstić information content (AvgIpc) is 2.36. The van der Waals surface area contributed by atoms with Gasteiger partial charge in [0.1, 0.15) is 5.56 Å². The molecule has 7 heteroatoms. The van der Waals surface area contributed by atoms with E-state index in [9.17, 15) is 19.3 Å². The molecule has 1 aromatic carbocycles. The molecule has 0 saturated heterocycles. The van der Waals surface area contributed by atoms with E-state index in [-0.39, 0.29) is 18.3 Å². The van der Waals surface area contributed by atoms with Gasteiger partial charge in [0, 0.05) is 6.07 Å². The van der Waals surface area contributed by atoms with E-state index in [0.717, 1.165) is 18.9 Å². The van der Waals surface area contributed by atoms with Crippen LogP contribution < -0.4 is 4.74 Å². The molecule has 6 nitrogen and oxygen atoms in total. The molecule has 1 unspecified atom stereocenters. The summed E-state index contributed by atoms with van der Waals surface area (Å²) in [5.41, 5.74) is -1.38. The number of halogens is 1. The molecule has 0 aliphatic rings. The van der Waals surface area contributed by atoms with E-state index < -0.39 is 28.0 Å². The minimum absolute atomic E-state index is 0.183. The standard InChI is InChI=1S/C13H16FNO5/c1-3-4-8(2)7-20-12-5-9(13(16)17)11(15(18)19)6-10(12)14/h5-6,8H,3-4,7H2,1-2H3,(H,16,17). The number of rotatable bonds is 7. The fraction of sp³-hybridized carbons (Fsp3) is 0.462. The van der Waals surface area contributed by atoms with Crippen LogP contribution in [0.2, 0.25) is 0 Å². The number of ether oxygens (including phenoxy) is 1. The second kappa shape index (κ2) is 6.83. The van der Waals surface area contributed by atoms with Crippen molar-refractivity contribution >= 4 is 11.7 Å². The lowest BCUT2D eigenvalue weighted by Gasteiger charge is -2.13. The molecule has 1 rings (SSSR count). The molecule has 0 fully saturated rings. The SMILES string of the molecule is CCCC(C)COc1cc(C(=O)O)c([N+](=O)[O-])cc1F. The van der Waals surface area contributed by atoms with Crippen molar-refractivity contribution in [2.45, 2.75) is 26.7 Å². The van der Waals surface area contributed by atoms with Crippen LogP contribution in [0, 0.1) is 21.8 Å². The fourth-order valence-corrected chi connectivity index (χ4v) is 1.78. The zero-order chi connectivity index (χ0) is 15.3. The second-order valence-electron chi connectivity index (χ2n) is 4.57. The van der Waals surface area contributed by atoms with Crippen molar-refractivity contribution < 1.29 is 24.0 Å². The minimum Gasteiger partial charge on any atom is -0.490 e. The van der Waals surface area contributed by atoms with Crippen LogP contribution >= 0.6 is 0 Å². The maximum atomic E-state index is 13.7. The predicted octanol–water partition coefficient (Wildman–Crippen LogP) is 3.25. The summed E-state index contributed by atoms with van der Waals surface area (Å²) in [4.78, 5) is 20.7. The Morgan fingerprint density at radius 1 is 1.55 bits per heavy atom. The van der Waals surface area contributed by atoms with Crippen molar-refractivity contribution in [2.75, 3.05) is 6.61 Å². The fourth-order valence-electron chi connectivity index (χ4n) is 1.78. The number of nitro groups is 1. The summed E-state index contributed by atoms with van der Waals surface area (Å²) in [6, 6.07) is 1.43. The summed E-state index contributed by atoms with van der Waals surface area (Å²) in [5, 5.41) is 19.6. The van der Waals surface area contributed by atoms with E-state index in [2.05, 4.69) is 0 Å². The third-order valence-electron chi connectivity index (χ3n) is 2.78. The van der Waals surface area contributed by atoms with Crippen LogP contribution in [0.15, 0.2) is 12.1 Å². The Labute approximate surface area is 115 Å². The highest BCUT2D eigenvalue weighted by Gasteiger charge is 2.24. The van der Waals surface area contributed by atoms with E-state index in [4.69, 9.17) is 9.84 Å². The normalized spacial score (nSPS) is 11.9. The first kappa shape index (κ1) is 15.9. The number of carboxylic acid groups (broad SMARTS) is 1. The van der Waals surface area contributed by atoms with Gasteiger partial charge in [-0.2, -0.15) is 0 Å². The van der Waals surface area contributed by atoms with Crippen LogP contribution in [0.3, 0.4) is 0 Å². The minimum atomic E-state index is -1.50. The van der Waals surface area contributed by atoms with E-state index >= 15 is 0 Å². The summed E-state index contributed by atoms with van der Waals surface area (Å²) in [6.45, 7) is 4.15. The van der Waals surface area contributed by atoms with Crippen molar-refractivity contribution in [3.8, 4) is 5.75 Å². The van der Waals surface area contributed by atoms with Gasteiger partial charge < -0.3 is 9.84 Å². The lowest BCUT2D eigenvalue weighted by molar-refractivity contribution is -0.385. The Kier molecular flexibility index (Phi) is 5.42. The number of carboxylic acids is 1. The number of benzene rings is 1. The van der Waals surface area contributed by atoms with E-state index in [1.807, 2.05) is 13.8 Å². The second-order valence-corrected chi connectivity index (χ2v) is 4.57. The molecule has 20 heavy (non-hydrogen) atoms. The average molecular weight is 285 g/mol. The Bertz CT molecular complexity index is 518. The highest BCUT2D eigenvalue weighted by atomic mass is 19.1. The smallest absolute Gasteiger partial charge is 0.342 e. The van der Waals surface area contributed by atoms with Gasteiger partial charge in [0.2, 0.25) is 0 Å². The van der Waals surface area contributed by atoms with Crippen LogP contribution in [0.25, 0.3) is 0 Å². The topological polar surface area (TPSA) is 89.7 Å². The lowest BCUT2D eigenvalue weighted by Crippen LogP contribution is -2.11. The molecule has 0 saturated carbocycles. The number of hydrogen-bond donors (Lipinski definition) is 1. The number of nitrogens with zero attached hydrogens (tertiary/aromatic N) is 1. The first-order valence-electron chi connectivity index (χ1n) is 6.20. The largest absolute Gasteiger partial charge is 0.490 e. The van der Waals surface area contributed by atoms with Crippen LogP contribution in [0.5, 0.6) is 5.75 Å². The molecule has 0 aliphatic heterocycles. The highest BCUT2D eigenvalue weighted by molar-refractivity contribution is 5.92. The van der Waals surface area contributed by atoms with Crippen molar-refractivity contribution in [1.82, 2.24) is 0 Å². The maximum Gasteiger partial charge on any atom is 0.342 e. The quantitative estimate of drug-likeness (QED) is 0.613. The van der Waals surface area contributed by atoms with Gasteiger partial charge in [-0.1, -0.05) is 20.3 Å². The van der Waals surface area contributed by atoms with Gasteiger partial charge in [0.15, 0.2) is 11.6 Å². The first-order chi connectivity index (χ1) is 9.36. The lowest BCUT2D eigenvalue weighted by atomic mass is 10.1. The molecule has 1 N–H and O–H groups in total. The molecule has 0 aromatic heterocycles. The molecule has 0 radical (unpaired) electrons. The molecular weight excluding hydrogens is 269 g/mol. The van der Waals surface area contributed by atoms with Gasteiger partial charge in [-0.25, -0.2) is 9.18 Å². The summed E-state index contributed by atoms with van der Waals surface area (Å²) in [5.74, 6) is -2.53.